The van der Waals surface area contributed by atoms with E-state index in [2.05, 4.69) is 9.97 Å². The molecule has 6 heteroatoms. The fourth-order valence-electron chi connectivity index (χ4n) is 2.64. The predicted octanol–water partition coefficient (Wildman–Crippen LogP) is 1.31. The molecule has 0 radical (unpaired) electrons. The Bertz CT molecular complexity index is 537. The minimum absolute atomic E-state index is 0.324. The van der Waals surface area contributed by atoms with E-state index in [9.17, 15) is 8.42 Å². The molecular weight excluding hydrogens is 262 g/mol. The molecule has 0 aromatic carbocycles. The van der Waals surface area contributed by atoms with Gasteiger partial charge >= 0.3 is 0 Å². The summed E-state index contributed by atoms with van der Waals surface area (Å²) in [7, 11) is -3.07. The van der Waals surface area contributed by atoms with E-state index in [1.165, 1.54) is 6.26 Å². The van der Waals surface area contributed by atoms with Gasteiger partial charge in [0.1, 0.15) is 5.82 Å². The zero-order chi connectivity index (χ0) is 14.0. The molecule has 1 aliphatic heterocycles. The summed E-state index contributed by atoms with van der Waals surface area (Å²) < 4.78 is 24.7. The van der Waals surface area contributed by atoms with Crippen molar-refractivity contribution in [3.63, 3.8) is 0 Å². The molecule has 19 heavy (non-hydrogen) atoms. The average molecular weight is 283 g/mol. The molecule has 0 spiro atoms. The summed E-state index contributed by atoms with van der Waals surface area (Å²) in [5.74, 6) is 1.16. The molecule has 0 aliphatic carbocycles. The molecule has 0 amide bonds. The van der Waals surface area contributed by atoms with Gasteiger partial charge in [-0.1, -0.05) is 0 Å². The summed E-state index contributed by atoms with van der Waals surface area (Å²) in [5.41, 5.74) is 1.94. The van der Waals surface area contributed by atoms with Crippen molar-refractivity contribution < 1.29 is 8.42 Å². The summed E-state index contributed by atoms with van der Waals surface area (Å²) in [6.45, 7) is 5.15. The van der Waals surface area contributed by atoms with E-state index >= 15 is 0 Å². The molecular formula is C13H21N3O2S. The second kappa shape index (κ2) is 5.54. The third-order valence-electron chi connectivity index (χ3n) is 3.45. The van der Waals surface area contributed by atoms with Crippen molar-refractivity contribution in [1.29, 1.82) is 0 Å². The van der Waals surface area contributed by atoms with Crippen LogP contribution in [0.5, 0.6) is 0 Å². The van der Waals surface area contributed by atoms with Crippen LogP contribution in [0.1, 0.15) is 30.1 Å². The Morgan fingerprint density at radius 3 is 2.53 bits per heavy atom. The molecule has 1 unspecified atom stereocenters. The van der Waals surface area contributed by atoms with Gasteiger partial charge in [0.25, 0.3) is 0 Å². The lowest BCUT2D eigenvalue weighted by Crippen LogP contribution is -2.40. The monoisotopic (exact) mass is 283 g/mol. The Kier molecular flexibility index (Phi) is 4.20. The number of aromatic nitrogens is 2. The fraction of sp³-hybridized carbons (Fsp3) is 0.692. The quantitative estimate of drug-likeness (QED) is 0.839. The first kappa shape index (κ1) is 14.4. The number of aryl methyl sites for hydroxylation is 2. The first-order chi connectivity index (χ1) is 8.84. The highest BCUT2D eigenvalue weighted by Gasteiger charge is 2.26. The van der Waals surface area contributed by atoms with Gasteiger partial charge in [0, 0.05) is 30.9 Å². The van der Waals surface area contributed by atoms with E-state index < -0.39 is 10.0 Å². The molecule has 0 bridgehead atoms. The average Bonchev–Trinajstić information content (AvgIpc) is 2.26. The van der Waals surface area contributed by atoms with E-state index in [-0.39, 0.29) is 0 Å². The highest BCUT2D eigenvalue weighted by Crippen LogP contribution is 2.21. The topological polar surface area (TPSA) is 63.2 Å². The van der Waals surface area contributed by atoms with Crippen molar-refractivity contribution in [2.24, 2.45) is 5.92 Å². The van der Waals surface area contributed by atoms with Crippen LogP contribution >= 0.6 is 0 Å². The van der Waals surface area contributed by atoms with Crippen LogP contribution in [0.25, 0.3) is 0 Å². The van der Waals surface area contributed by atoms with E-state index in [1.807, 2.05) is 19.9 Å². The SMILES string of the molecule is Cc1cc(C)nc(CC2CCCN(S(C)(=O)=O)C2)n1. The number of hydrogen-bond donors (Lipinski definition) is 0. The van der Waals surface area contributed by atoms with E-state index in [0.29, 0.717) is 19.0 Å². The smallest absolute Gasteiger partial charge is 0.211 e. The number of sulfonamides is 1. The first-order valence-corrected chi connectivity index (χ1v) is 8.45. The van der Waals surface area contributed by atoms with Gasteiger partial charge < -0.3 is 0 Å². The molecule has 0 saturated carbocycles. The highest BCUT2D eigenvalue weighted by molar-refractivity contribution is 7.88. The zero-order valence-electron chi connectivity index (χ0n) is 11.8. The molecule has 2 rings (SSSR count). The van der Waals surface area contributed by atoms with Gasteiger partial charge in [0.15, 0.2) is 0 Å². The van der Waals surface area contributed by atoms with Crippen molar-refractivity contribution in [3.8, 4) is 0 Å². The van der Waals surface area contributed by atoms with Crippen LogP contribution in [0.15, 0.2) is 6.07 Å². The van der Waals surface area contributed by atoms with Gasteiger partial charge in [0.05, 0.1) is 6.26 Å². The maximum Gasteiger partial charge on any atom is 0.211 e. The first-order valence-electron chi connectivity index (χ1n) is 6.61. The minimum atomic E-state index is -3.07. The molecule has 0 N–H and O–H groups in total. The molecule has 106 valence electrons. The normalized spacial score (nSPS) is 21.5. The number of nitrogens with zero attached hydrogens (tertiary/aromatic N) is 3. The molecule has 1 aromatic rings. The Morgan fingerprint density at radius 1 is 1.32 bits per heavy atom. The van der Waals surface area contributed by atoms with Gasteiger partial charge in [-0.25, -0.2) is 22.7 Å². The molecule has 1 saturated heterocycles. The molecule has 1 aromatic heterocycles. The van der Waals surface area contributed by atoms with E-state index in [4.69, 9.17) is 0 Å². The largest absolute Gasteiger partial charge is 0.238 e. The lowest BCUT2D eigenvalue weighted by Gasteiger charge is -2.30. The lowest BCUT2D eigenvalue weighted by atomic mass is 9.96. The van der Waals surface area contributed by atoms with Crippen molar-refractivity contribution in [3.05, 3.63) is 23.3 Å². The molecule has 2 heterocycles. The second-order valence-corrected chi connectivity index (χ2v) is 7.38. The Labute approximate surface area is 115 Å². The fourth-order valence-corrected chi connectivity index (χ4v) is 3.59. The van der Waals surface area contributed by atoms with Crippen LogP contribution in [0.4, 0.5) is 0 Å². The minimum Gasteiger partial charge on any atom is -0.238 e. The number of piperidine rings is 1. The third kappa shape index (κ3) is 3.98. The van der Waals surface area contributed by atoms with Crippen molar-refractivity contribution >= 4 is 10.0 Å². The highest BCUT2D eigenvalue weighted by atomic mass is 32.2. The zero-order valence-corrected chi connectivity index (χ0v) is 12.6. The lowest BCUT2D eigenvalue weighted by molar-refractivity contribution is 0.264. The maximum absolute atomic E-state index is 11.6. The van der Waals surface area contributed by atoms with Crippen LogP contribution in [0.3, 0.4) is 0 Å². The van der Waals surface area contributed by atoms with Crippen molar-refractivity contribution in [1.82, 2.24) is 14.3 Å². The summed E-state index contributed by atoms with van der Waals surface area (Å²) in [6, 6.07) is 1.95. The summed E-state index contributed by atoms with van der Waals surface area (Å²) in [4.78, 5) is 8.87. The summed E-state index contributed by atoms with van der Waals surface area (Å²) in [5, 5.41) is 0. The summed E-state index contributed by atoms with van der Waals surface area (Å²) >= 11 is 0. The number of rotatable bonds is 3. The van der Waals surface area contributed by atoms with Gasteiger partial charge in [-0.15, -0.1) is 0 Å². The predicted molar refractivity (Wildman–Crippen MR) is 74.4 cm³/mol. The van der Waals surface area contributed by atoms with Gasteiger partial charge in [-0.3, -0.25) is 0 Å². The van der Waals surface area contributed by atoms with Gasteiger partial charge in [0.2, 0.25) is 10.0 Å². The van der Waals surface area contributed by atoms with Gasteiger partial charge in [-0.2, -0.15) is 0 Å². The number of hydrogen-bond acceptors (Lipinski definition) is 4. The molecule has 1 aliphatic rings. The second-order valence-electron chi connectivity index (χ2n) is 5.40. The maximum atomic E-state index is 11.6. The van der Waals surface area contributed by atoms with Crippen LogP contribution in [-0.2, 0) is 16.4 Å². The Morgan fingerprint density at radius 2 is 1.95 bits per heavy atom. The van der Waals surface area contributed by atoms with E-state index in [0.717, 1.165) is 36.5 Å². The Balaban J connectivity index is 2.06. The third-order valence-corrected chi connectivity index (χ3v) is 4.72. The summed E-state index contributed by atoms with van der Waals surface area (Å²) in [6.07, 6.45) is 4.00. The van der Waals surface area contributed by atoms with Crippen LogP contribution in [0, 0.1) is 19.8 Å². The standard InChI is InChI=1S/C13H21N3O2S/c1-10-7-11(2)15-13(14-10)8-12-5-4-6-16(9-12)19(3,17)18/h7,12H,4-6,8-9H2,1-3H3. The van der Waals surface area contributed by atoms with E-state index in [1.54, 1.807) is 4.31 Å². The molecule has 1 atom stereocenters. The molecule has 1 fully saturated rings. The van der Waals surface area contributed by atoms with Crippen molar-refractivity contribution in [2.75, 3.05) is 19.3 Å². The van der Waals surface area contributed by atoms with Crippen LogP contribution < -0.4 is 0 Å². The Hall–Kier alpha value is -1.01. The van der Waals surface area contributed by atoms with Crippen LogP contribution in [0.2, 0.25) is 0 Å². The van der Waals surface area contributed by atoms with Crippen LogP contribution in [-0.4, -0.2) is 42.0 Å². The van der Waals surface area contributed by atoms with Gasteiger partial charge in [-0.05, 0) is 38.7 Å². The molecule has 5 nitrogen and oxygen atoms in total. The van der Waals surface area contributed by atoms with Crippen molar-refractivity contribution in [2.45, 2.75) is 33.1 Å².